The SMILES string of the molecule is CCCOc1ccc(-c2csc(NC(=O)C3CCN(S(=O)(=O)Cc4ccccc4)CC3)n2)cc1. The lowest BCUT2D eigenvalue weighted by molar-refractivity contribution is -0.120. The van der Waals surface area contributed by atoms with Crippen molar-refractivity contribution in [3.05, 3.63) is 65.5 Å². The van der Waals surface area contributed by atoms with Crippen LogP contribution in [0.25, 0.3) is 11.3 Å². The van der Waals surface area contributed by atoms with Gasteiger partial charge in [-0.2, -0.15) is 0 Å². The maximum Gasteiger partial charge on any atom is 0.229 e. The summed E-state index contributed by atoms with van der Waals surface area (Å²) in [6.45, 7) is 3.45. The van der Waals surface area contributed by atoms with Crippen LogP contribution in [0.15, 0.2) is 60.0 Å². The van der Waals surface area contributed by atoms with Gasteiger partial charge < -0.3 is 10.1 Å². The molecule has 1 fully saturated rings. The smallest absolute Gasteiger partial charge is 0.229 e. The lowest BCUT2D eigenvalue weighted by Crippen LogP contribution is -2.41. The van der Waals surface area contributed by atoms with Crippen LogP contribution in [0.4, 0.5) is 5.13 Å². The fraction of sp³-hybridized carbons (Fsp3) is 0.360. The largest absolute Gasteiger partial charge is 0.494 e. The van der Waals surface area contributed by atoms with E-state index in [1.54, 1.807) is 0 Å². The molecule has 0 unspecified atom stereocenters. The van der Waals surface area contributed by atoms with E-state index in [1.807, 2.05) is 60.0 Å². The second-order valence-corrected chi connectivity index (χ2v) is 11.1. The first-order valence-electron chi connectivity index (χ1n) is 11.5. The van der Waals surface area contributed by atoms with Crippen LogP contribution in [0.5, 0.6) is 5.75 Å². The summed E-state index contributed by atoms with van der Waals surface area (Å²) in [6, 6.07) is 16.9. The predicted molar refractivity (Wildman–Crippen MR) is 135 cm³/mol. The molecule has 7 nitrogen and oxygen atoms in total. The van der Waals surface area contributed by atoms with E-state index in [-0.39, 0.29) is 17.6 Å². The number of piperidine rings is 1. The molecule has 1 amide bonds. The Balaban J connectivity index is 1.29. The van der Waals surface area contributed by atoms with Crippen molar-refractivity contribution in [3.8, 4) is 17.0 Å². The van der Waals surface area contributed by atoms with Crippen molar-refractivity contribution in [1.29, 1.82) is 0 Å². The minimum absolute atomic E-state index is 0.0156. The molecule has 1 aliphatic heterocycles. The Kier molecular flexibility index (Phi) is 7.97. The van der Waals surface area contributed by atoms with Crippen molar-refractivity contribution < 1.29 is 17.9 Å². The van der Waals surface area contributed by atoms with Crippen LogP contribution in [-0.4, -0.2) is 43.3 Å². The summed E-state index contributed by atoms with van der Waals surface area (Å²) in [4.78, 5) is 17.3. The predicted octanol–water partition coefficient (Wildman–Crippen LogP) is 4.78. The first-order chi connectivity index (χ1) is 16.4. The fourth-order valence-electron chi connectivity index (χ4n) is 3.89. The van der Waals surface area contributed by atoms with E-state index in [9.17, 15) is 13.2 Å². The molecule has 2 aromatic carbocycles. The molecular formula is C25H29N3O4S2. The molecule has 1 N–H and O–H groups in total. The van der Waals surface area contributed by atoms with E-state index >= 15 is 0 Å². The molecule has 0 radical (unpaired) electrons. The van der Waals surface area contributed by atoms with Gasteiger partial charge in [-0.1, -0.05) is 37.3 Å². The van der Waals surface area contributed by atoms with E-state index in [1.165, 1.54) is 15.6 Å². The van der Waals surface area contributed by atoms with Crippen LogP contribution in [0.1, 0.15) is 31.7 Å². The van der Waals surface area contributed by atoms with E-state index in [2.05, 4.69) is 17.2 Å². The molecule has 4 rings (SSSR count). The van der Waals surface area contributed by atoms with Crippen molar-refractivity contribution in [1.82, 2.24) is 9.29 Å². The highest BCUT2D eigenvalue weighted by molar-refractivity contribution is 7.88. The Bertz CT molecular complexity index is 1190. The van der Waals surface area contributed by atoms with Gasteiger partial charge in [0.1, 0.15) is 5.75 Å². The van der Waals surface area contributed by atoms with Crippen LogP contribution < -0.4 is 10.1 Å². The lowest BCUT2D eigenvalue weighted by atomic mass is 9.97. The number of nitrogens with zero attached hydrogens (tertiary/aromatic N) is 2. The molecule has 0 aliphatic carbocycles. The van der Waals surface area contributed by atoms with Crippen molar-refractivity contribution in [2.75, 3.05) is 25.0 Å². The summed E-state index contributed by atoms with van der Waals surface area (Å²) < 4.78 is 32.6. The molecule has 34 heavy (non-hydrogen) atoms. The van der Waals surface area contributed by atoms with Gasteiger partial charge in [0.15, 0.2) is 5.13 Å². The molecule has 9 heteroatoms. The number of hydrogen-bond donors (Lipinski definition) is 1. The Morgan fingerprint density at radius 1 is 1.12 bits per heavy atom. The van der Waals surface area contributed by atoms with Gasteiger partial charge in [0, 0.05) is 30.0 Å². The zero-order valence-corrected chi connectivity index (χ0v) is 20.8. The molecule has 0 saturated carbocycles. The third-order valence-corrected chi connectivity index (χ3v) is 8.38. The molecule has 0 spiro atoms. The van der Waals surface area contributed by atoms with E-state index in [0.29, 0.717) is 37.7 Å². The maximum atomic E-state index is 12.8. The number of hydrogen-bond acceptors (Lipinski definition) is 6. The molecule has 2 heterocycles. The average molecular weight is 500 g/mol. The Morgan fingerprint density at radius 3 is 2.50 bits per heavy atom. The number of thiazole rings is 1. The van der Waals surface area contributed by atoms with Gasteiger partial charge in [-0.3, -0.25) is 4.79 Å². The van der Waals surface area contributed by atoms with E-state index < -0.39 is 10.0 Å². The van der Waals surface area contributed by atoms with Crippen LogP contribution in [0, 0.1) is 5.92 Å². The highest BCUT2D eigenvalue weighted by Crippen LogP contribution is 2.28. The molecule has 3 aromatic rings. The fourth-order valence-corrected chi connectivity index (χ4v) is 6.17. The number of nitrogens with one attached hydrogen (secondary N) is 1. The number of carbonyl (C=O) groups is 1. The van der Waals surface area contributed by atoms with Crippen molar-refractivity contribution in [2.45, 2.75) is 31.9 Å². The number of rotatable bonds is 9. The molecular weight excluding hydrogens is 470 g/mol. The summed E-state index contributed by atoms with van der Waals surface area (Å²) in [7, 11) is -3.40. The van der Waals surface area contributed by atoms with Gasteiger partial charge in [-0.15, -0.1) is 11.3 Å². The van der Waals surface area contributed by atoms with Crippen LogP contribution in [-0.2, 0) is 20.6 Å². The summed E-state index contributed by atoms with van der Waals surface area (Å²) in [5.74, 6) is 0.472. The van der Waals surface area contributed by atoms with Crippen molar-refractivity contribution in [2.24, 2.45) is 5.92 Å². The highest BCUT2D eigenvalue weighted by atomic mass is 32.2. The Labute approximate surface area is 204 Å². The number of anilines is 1. The number of amides is 1. The van der Waals surface area contributed by atoms with Gasteiger partial charge in [0.2, 0.25) is 15.9 Å². The van der Waals surface area contributed by atoms with E-state index in [4.69, 9.17) is 4.74 Å². The second kappa shape index (κ2) is 11.1. The maximum absolute atomic E-state index is 12.8. The van der Waals surface area contributed by atoms with Crippen LogP contribution in [0.2, 0.25) is 0 Å². The Morgan fingerprint density at radius 2 is 1.82 bits per heavy atom. The average Bonchev–Trinajstić information content (AvgIpc) is 3.32. The zero-order valence-electron chi connectivity index (χ0n) is 19.1. The van der Waals surface area contributed by atoms with Gasteiger partial charge >= 0.3 is 0 Å². The zero-order chi connectivity index (χ0) is 24.0. The third kappa shape index (κ3) is 6.22. The molecule has 180 valence electrons. The van der Waals surface area contributed by atoms with Crippen molar-refractivity contribution >= 4 is 32.4 Å². The first kappa shape index (κ1) is 24.4. The number of ether oxygens (including phenoxy) is 1. The number of carbonyl (C=O) groups excluding carboxylic acids is 1. The number of sulfonamides is 1. The quantitative estimate of drug-likeness (QED) is 0.458. The summed E-state index contributed by atoms with van der Waals surface area (Å²) in [6.07, 6.45) is 1.95. The van der Waals surface area contributed by atoms with Gasteiger partial charge in [-0.05, 0) is 49.1 Å². The minimum atomic E-state index is -3.40. The van der Waals surface area contributed by atoms with E-state index in [0.717, 1.165) is 29.0 Å². The summed E-state index contributed by atoms with van der Waals surface area (Å²) in [5.41, 5.74) is 2.52. The van der Waals surface area contributed by atoms with Gasteiger partial charge in [0.05, 0.1) is 18.1 Å². The van der Waals surface area contributed by atoms with Crippen LogP contribution in [0.3, 0.4) is 0 Å². The second-order valence-electron chi connectivity index (χ2n) is 8.32. The minimum Gasteiger partial charge on any atom is -0.494 e. The highest BCUT2D eigenvalue weighted by Gasteiger charge is 2.31. The molecule has 0 atom stereocenters. The topological polar surface area (TPSA) is 88.6 Å². The van der Waals surface area contributed by atoms with Crippen LogP contribution >= 0.6 is 11.3 Å². The summed E-state index contributed by atoms with van der Waals surface area (Å²) in [5, 5.41) is 5.37. The van der Waals surface area contributed by atoms with Gasteiger partial charge in [-0.25, -0.2) is 17.7 Å². The molecule has 1 aliphatic rings. The number of aromatic nitrogens is 1. The summed E-state index contributed by atoms with van der Waals surface area (Å²) >= 11 is 1.38. The third-order valence-electron chi connectivity index (χ3n) is 5.77. The standard InChI is InChI=1S/C25H29N3O4S2/c1-2-16-32-22-10-8-20(9-11-22)23-17-33-25(26-23)27-24(29)21-12-14-28(15-13-21)34(30,31)18-19-6-4-3-5-7-19/h3-11,17,21H,2,12-16,18H2,1H3,(H,26,27,29). The monoisotopic (exact) mass is 499 g/mol. The van der Waals surface area contributed by atoms with Gasteiger partial charge in [0.25, 0.3) is 0 Å². The molecule has 1 saturated heterocycles. The Hall–Kier alpha value is -2.75. The normalized spacial score (nSPS) is 15.2. The van der Waals surface area contributed by atoms with Crippen molar-refractivity contribution in [3.63, 3.8) is 0 Å². The number of benzene rings is 2. The first-order valence-corrected chi connectivity index (χ1v) is 13.9. The molecule has 1 aromatic heterocycles. The lowest BCUT2D eigenvalue weighted by Gasteiger charge is -2.30. The molecule has 0 bridgehead atoms.